The molecule has 2 aliphatic rings. The number of carbonyl (C=O) groups is 1. The highest BCUT2D eigenvalue weighted by Gasteiger charge is 2.52. The first-order valence-electron chi connectivity index (χ1n) is 8.71. The van der Waals surface area contributed by atoms with Gasteiger partial charge in [0.2, 0.25) is 0 Å². The lowest BCUT2D eigenvalue weighted by molar-refractivity contribution is -0.0635. The van der Waals surface area contributed by atoms with Crippen LogP contribution < -0.4 is 4.74 Å². The smallest absolute Gasteiger partial charge is 0.410 e. The van der Waals surface area contributed by atoms with E-state index in [-0.39, 0.29) is 23.9 Å². The summed E-state index contributed by atoms with van der Waals surface area (Å²) in [6.07, 6.45) is 1.98. The highest BCUT2D eigenvalue weighted by Crippen LogP contribution is 2.48. The molecule has 3 rings (SSSR count). The van der Waals surface area contributed by atoms with Crippen molar-refractivity contribution < 1.29 is 23.8 Å². The zero-order valence-corrected chi connectivity index (χ0v) is 15.2. The monoisotopic (exact) mass is 351 g/mol. The summed E-state index contributed by atoms with van der Waals surface area (Å²) in [4.78, 5) is 14.3. The van der Waals surface area contributed by atoms with Crippen molar-refractivity contribution in [2.75, 3.05) is 7.11 Å². The van der Waals surface area contributed by atoms with E-state index in [1.165, 1.54) is 13.2 Å². The fourth-order valence-corrected chi connectivity index (χ4v) is 4.14. The number of amides is 1. The number of para-hydroxylation sites is 1. The van der Waals surface area contributed by atoms with E-state index in [1.807, 2.05) is 20.8 Å². The Morgan fingerprint density at radius 3 is 2.40 bits per heavy atom. The molecule has 0 saturated carbocycles. The fourth-order valence-electron chi connectivity index (χ4n) is 4.14. The largest absolute Gasteiger partial charge is 0.493 e. The predicted octanol–water partition coefficient (Wildman–Crippen LogP) is 3.58. The lowest BCUT2D eigenvalue weighted by Gasteiger charge is -2.44. The number of aliphatic hydroxyl groups is 1. The van der Waals surface area contributed by atoms with E-state index >= 15 is 0 Å². The van der Waals surface area contributed by atoms with Gasteiger partial charge in [0.15, 0.2) is 11.6 Å². The number of rotatable bonds is 2. The Hall–Kier alpha value is -1.82. The summed E-state index contributed by atoms with van der Waals surface area (Å²) < 4.78 is 24.8. The minimum Gasteiger partial charge on any atom is -0.493 e. The number of fused-ring (bicyclic) bond motifs is 2. The maximum Gasteiger partial charge on any atom is 0.410 e. The average molecular weight is 351 g/mol. The molecule has 138 valence electrons. The maximum absolute atomic E-state index is 14.1. The molecule has 1 amide bonds. The van der Waals surface area contributed by atoms with Gasteiger partial charge in [-0.25, -0.2) is 9.18 Å². The van der Waals surface area contributed by atoms with E-state index in [0.717, 1.165) is 12.8 Å². The van der Waals surface area contributed by atoms with Crippen molar-refractivity contribution in [2.24, 2.45) is 0 Å². The third-order valence-electron chi connectivity index (χ3n) is 5.04. The fraction of sp³-hybridized carbons (Fsp3) is 0.632. The van der Waals surface area contributed by atoms with Crippen LogP contribution >= 0.6 is 0 Å². The summed E-state index contributed by atoms with van der Waals surface area (Å²) in [6, 6.07) is 4.35. The molecule has 2 atom stereocenters. The Kier molecular flexibility index (Phi) is 4.43. The van der Waals surface area contributed by atoms with Crippen molar-refractivity contribution in [3.63, 3.8) is 0 Å². The van der Waals surface area contributed by atoms with Crippen molar-refractivity contribution in [2.45, 2.75) is 69.7 Å². The third-order valence-corrected chi connectivity index (χ3v) is 5.04. The van der Waals surface area contributed by atoms with E-state index in [9.17, 15) is 14.3 Å². The maximum atomic E-state index is 14.1. The van der Waals surface area contributed by atoms with Crippen LogP contribution in [-0.2, 0) is 10.3 Å². The van der Waals surface area contributed by atoms with E-state index in [0.29, 0.717) is 18.4 Å². The number of methoxy groups -OCH3 is 1. The van der Waals surface area contributed by atoms with Gasteiger partial charge in [-0.1, -0.05) is 12.1 Å². The van der Waals surface area contributed by atoms with E-state index in [1.54, 1.807) is 17.0 Å². The molecule has 1 aromatic rings. The molecule has 1 aromatic carbocycles. The highest BCUT2D eigenvalue weighted by atomic mass is 19.1. The van der Waals surface area contributed by atoms with Crippen LogP contribution in [0.5, 0.6) is 5.75 Å². The minimum atomic E-state index is -1.21. The molecule has 2 heterocycles. The van der Waals surface area contributed by atoms with Crippen LogP contribution in [0.25, 0.3) is 0 Å². The van der Waals surface area contributed by atoms with E-state index < -0.39 is 17.0 Å². The standard InChI is InChI=1S/C19H26FNO4/c1-18(2,3)25-17(22)21-12-8-9-13(21)11-19(23,10-12)14-6-5-7-15(20)16(14)24-4/h5-7,12-13,23H,8-11H2,1-4H3. The van der Waals surface area contributed by atoms with Crippen LogP contribution in [0.2, 0.25) is 0 Å². The van der Waals surface area contributed by atoms with E-state index in [2.05, 4.69) is 0 Å². The van der Waals surface area contributed by atoms with Crippen LogP contribution in [0.4, 0.5) is 9.18 Å². The number of halogens is 1. The van der Waals surface area contributed by atoms with Gasteiger partial charge in [-0.05, 0) is 39.7 Å². The lowest BCUT2D eigenvalue weighted by atomic mass is 9.80. The molecule has 2 aliphatic heterocycles. The van der Waals surface area contributed by atoms with Gasteiger partial charge in [0.1, 0.15) is 5.60 Å². The topological polar surface area (TPSA) is 59.0 Å². The molecule has 25 heavy (non-hydrogen) atoms. The Balaban J connectivity index is 1.86. The number of ether oxygens (including phenoxy) is 2. The van der Waals surface area contributed by atoms with Gasteiger partial charge < -0.3 is 19.5 Å². The summed E-state index contributed by atoms with van der Waals surface area (Å²) in [5.41, 5.74) is -1.32. The first kappa shape index (κ1) is 18.0. The molecule has 2 bridgehead atoms. The SMILES string of the molecule is COc1c(F)cccc1C1(O)CC2CCC(C1)N2C(=O)OC(C)(C)C. The van der Waals surface area contributed by atoms with Gasteiger partial charge in [-0.15, -0.1) is 0 Å². The molecule has 5 nitrogen and oxygen atoms in total. The van der Waals surface area contributed by atoms with Gasteiger partial charge >= 0.3 is 6.09 Å². The zero-order valence-electron chi connectivity index (χ0n) is 15.2. The van der Waals surface area contributed by atoms with Crippen LogP contribution in [0, 0.1) is 5.82 Å². The second-order valence-electron chi connectivity index (χ2n) is 8.03. The van der Waals surface area contributed by atoms with Crippen molar-refractivity contribution in [1.82, 2.24) is 4.90 Å². The quantitative estimate of drug-likeness (QED) is 0.885. The van der Waals surface area contributed by atoms with Crippen molar-refractivity contribution in [1.29, 1.82) is 0 Å². The summed E-state index contributed by atoms with van der Waals surface area (Å²) >= 11 is 0. The van der Waals surface area contributed by atoms with Gasteiger partial charge in [0, 0.05) is 30.5 Å². The third kappa shape index (κ3) is 3.32. The molecule has 2 saturated heterocycles. The van der Waals surface area contributed by atoms with Crippen molar-refractivity contribution in [3.05, 3.63) is 29.6 Å². The number of hydrogen-bond acceptors (Lipinski definition) is 4. The van der Waals surface area contributed by atoms with E-state index in [4.69, 9.17) is 9.47 Å². The normalized spacial score (nSPS) is 28.8. The van der Waals surface area contributed by atoms with Crippen molar-refractivity contribution in [3.8, 4) is 5.75 Å². The number of piperidine rings is 1. The molecular weight excluding hydrogens is 325 g/mol. The number of nitrogens with zero attached hydrogens (tertiary/aromatic N) is 1. The lowest BCUT2D eigenvalue weighted by Crippen LogP contribution is -2.53. The summed E-state index contributed by atoms with van der Waals surface area (Å²) in [6.45, 7) is 5.51. The molecule has 1 N–H and O–H groups in total. The highest BCUT2D eigenvalue weighted by molar-refractivity contribution is 5.70. The molecule has 0 aromatic heterocycles. The Morgan fingerprint density at radius 2 is 1.88 bits per heavy atom. The first-order chi connectivity index (χ1) is 11.6. The molecular formula is C19H26FNO4. The average Bonchev–Trinajstić information content (AvgIpc) is 2.78. The van der Waals surface area contributed by atoms with Crippen LogP contribution in [0.3, 0.4) is 0 Å². The Morgan fingerprint density at radius 1 is 1.28 bits per heavy atom. The first-order valence-corrected chi connectivity index (χ1v) is 8.71. The Labute approximate surface area is 147 Å². The Bertz CT molecular complexity index is 656. The zero-order chi connectivity index (χ0) is 18.4. The molecule has 6 heteroatoms. The predicted molar refractivity (Wildman–Crippen MR) is 91.0 cm³/mol. The van der Waals surface area contributed by atoms with Gasteiger partial charge in [-0.2, -0.15) is 0 Å². The molecule has 2 unspecified atom stereocenters. The second kappa shape index (κ2) is 6.16. The van der Waals surface area contributed by atoms with Crippen LogP contribution in [-0.4, -0.2) is 40.9 Å². The van der Waals surface area contributed by atoms with Gasteiger partial charge in [-0.3, -0.25) is 0 Å². The van der Waals surface area contributed by atoms with Gasteiger partial charge in [0.25, 0.3) is 0 Å². The number of carbonyl (C=O) groups excluding carboxylic acids is 1. The van der Waals surface area contributed by atoms with Crippen molar-refractivity contribution >= 4 is 6.09 Å². The van der Waals surface area contributed by atoms with Crippen LogP contribution in [0.1, 0.15) is 52.0 Å². The molecule has 0 radical (unpaired) electrons. The summed E-state index contributed by atoms with van der Waals surface area (Å²) in [5, 5.41) is 11.3. The van der Waals surface area contributed by atoms with Gasteiger partial charge in [0.05, 0.1) is 12.7 Å². The number of hydrogen-bond donors (Lipinski definition) is 1. The minimum absolute atomic E-state index is 0.0788. The molecule has 0 spiro atoms. The van der Waals surface area contributed by atoms with Crippen LogP contribution in [0.15, 0.2) is 18.2 Å². The summed E-state index contributed by atoms with van der Waals surface area (Å²) in [7, 11) is 1.40. The summed E-state index contributed by atoms with van der Waals surface area (Å²) in [5.74, 6) is -0.412. The molecule has 2 fully saturated rings. The second-order valence-corrected chi connectivity index (χ2v) is 8.03. The molecule has 0 aliphatic carbocycles. The number of benzene rings is 1.